The van der Waals surface area contributed by atoms with E-state index in [1.165, 1.54) is 0 Å². The van der Waals surface area contributed by atoms with Crippen molar-refractivity contribution in [2.45, 2.75) is 6.42 Å². The summed E-state index contributed by atoms with van der Waals surface area (Å²) in [5, 5.41) is 5.84. The smallest absolute Gasteiger partial charge is 0.238 e. The zero-order chi connectivity index (χ0) is 19.8. The van der Waals surface area contributed by atoms with E-state index in [-0.39, 0.29) is 11.8 Å². The second kappa shape index (κ2) is 10.0. The zero-order valence-corrected chi connectivity index (χ0v) is 16.1. The minimum absolute atomic E-state index is 0.0110. The van der Waals surface area contributed by atoms with E-state index in [0.717, 1.165) is 49.5 Å². The van der Waals surface area contributed by atoms with E-state index in [9.17, 15) is 9.59 Å². The fraction of sp³-hybridized carbons (Fsp3) is 0.318. The lowest BCUT2D eigenvalue weighted by molar-refractivity contribution is -0.120. The molecule has 0 saturated carbocycles. The van der Waals surface area contributed by atoms with Gasteiger partial charge in [-0.3, -0.25) is 19.4 Å². The Kier molecular flexibility index (Phi) is 7.17. The molecule has 0 bridgehead atoms. The average Bonchev–Trinajstić information content (AvgIpc) is 2.71. The van der Waals surface area contributed by atoms with Gasteiger partial charge >= 0.3 is 0 Å². The molecule has 0 aliphatic carbocycles. The van der Waals surface area contributed by atoms with E-state index in [4.69, 9.17) is 0 Å². The third-order valence-corrected chi connectivity index (χ3v) is 4.78. The normalized spacial score (nSPS) is 15.2. The van der Waals surface area contributed by atoms with Crippen LogP contribution in [0.3, 0.4) is 0 Å². The molecule has 0 unspecified atom stereocenters. The van der Waals surface area contributed by atoms with Gasteiger partial charge < -0.3 is 10.6 Å². The fourth-order valence-corrected chi connectivity index (χ4v) is 3.19. The molecule has 2 aromatic carbocycles. The number of piperazine rings is 1. The monoisotopic (exact) mass is 379 g/mol. The lowest BCUT2D eigenvalue weighted by Crippen LogP contribution is -2.50. The molecule has 1 saturated heterocycles. The summed E-state index contributed by atoms with van der Waals surface area (Å²) in [4.78, 5) is 28.6. The first-order valence-electron chi connectivity index (χ1n) is 9.60. The van der Waals surface area contributed by atoms with Gasteiger partial charge in [0.25, 0.3) is 0 Å². The molecule has 1 aliphatic rings. The molecule has 1 fully saturated rings. The number of nitrogens with zero attached hydrogens (tertiary/aromatic N) is 2. The summed E-state index contributed by atoms with van der Waals surface area (Å²) in [6.07, 6.45) is 0.738. The number of amides is 2. The van der Waals surface area contributed by atoms with Crippen molar-refractivity contribution in [1.29, 1.82) is 0 Å². The highest BCUT2D eigenvalue weighted by Crippen LogP contribution is 2.10. The van der Waals surface area contributed by atoms with Crippen LogP contribution in [0.1, 0.15) is 5.56 Å². The molecule has 1 radical (unpaired) electrons. The van der Waals surface area contributed by atoms with Crippen LogP contribution in [0.5, 0.6) is 0 Å². The Balaban J connectivity index is 1.37. The number of hydrogen-bond donors (Lipinski definition) is 2. The summed E-state index contributed by atoms with van der Waals surface area (Å²) < 4.78 is 0. The average molecular weight is 379 g/mol. The van der Waals surface area contributed by atoms with Crippen molar-refractivity contribution in [2.75, 3.05) is 49.9 Å². The van der Waals surface area contributed by atoms with Crippen LogP contribution in [-0.4, -0.2) is 60.9 Å². The maximum absolute atomic E-state index is 12.3. The first-order chi connectivity index (χ1) is 13.6. The van der Waals surface area contributed by atoms with Crippen molar-refractivity contribution in [1.82, 2.24) is 9.80 Å². The van der Waals surface area contributed by atoms with Gasteiger partial charge in [-0.2, -0.15) is 0 Å². The molecule has 2 amide bonds. The number of carbonyl (C=O) groups is 2. The molecule has 1 heterocycles. The van der Waals surface area contributed by atoms with E-state index in [2.05, 4.69) is 27.4 Å². The van der Waals surface area contributed by atoms with Gasteiger partial charge in [-0.15, -0.1) is 0 Å². The third-order valence-electron chi connectivity index (χ3n) is 4.78. The lowest BCUT2D eigenvalue weighted by Gasteiger charge is -2.33. The van der Waals surface area contributed by atoms with Crippen molar-refractivity contribution >= 4 is 23.2 Å². The highest BCUT2D eigenvalue weighted by atomic mass is 16.2. The van der Waals surface area contributed by atoms with Gasteiger partial charge in [-0.1, -0.05) is 30.3 Å². The third kappa shape index (κ3) is 6.18. The van der Waals surface area contributed by atoms with Crippen LogP contribution < -0.4 is 10.6 Å². The zero-order valence-electron chi connectivity index (χ0n) is 16.1. The minimum Gasteiger partial charge on any atom is -0.325 e. The van der Waals surface area contributed by atoms with Crippen molar-refractivity contribution in [3.05, 3.63) is 67.1 Å². The van der Waals surface area contributed by atoms with Crippen molar-refractivity contribution < 1.29 is 9.59 Å². The predicted molar refractivity (Wildman–Crippen MR) is 112 cm³/mol. The summed E-state index contributed by atoms with van der Waals surface area (Å²) in [6, 6.07) is 17.2. The Labute approximate surface area is 166 Å². The molecule has 147 valence electrons. The second-order valence-electron chi connectivity index (χ2n) is 6.96. The molecule has 28 heavy (non-hydrogen) atoms. The molecule has 3 rings (SSSR count). The van der Waals surface area contributed by atoms with Crippen molar-refractivity contribution in [2.24, 2.45) is 0 Å². The second-order valence-corrected chi connectivity index (χ2v) is 6.96. The molecule has 6 nitrogen and oxygen atoms in total. The maximum atomic E-state index is 12.3. The molecule has 6 heteroatoms. The number of rotatable bonds is 7. The van der Waals surface area contributed by atoms with Gasteiger partial charge in [0, 0.05) is 37.6 Å². The lowest BCUT2D eigenvalue weighted by atomic mass is 10.1. The Bertz CT molecular complexity index is 769. The topological polar surface area (TPSA) is 64.7 Å². The van der Waals surface area contributed by atoms with Gasteiger partial charge in [0.05, 0.1) is 13.1 Å². The Hall–Kier alpha value is -2.70. The summed E-state index contributed by atoms with van der Waals surface area (Å²) >= 11 is 0. The molecular formula is C22H27N4O2. The van der Waals surface area contributed by atoms with Crippen LogP contribution in [-0.2, 0) is 16.0 Å². The number of hydrogen-bond acceptors (Lipinski definition) is 4. The van der Waals surface area contributed by atoms with Crippen LogP contribution in [0, 0.1) is 6.92 Å². The SMILES string of the molecule is [CH2]Cc1ccc(NC(=O)CN2CCN(CC(=O)Nc3ccccc3)CC2)cc1. The first-order valence-corrected chi connectivity index (χ1v) is 9.60. The number of anilines is 2. The largest absolute Gasteiger partial charge is 0.325 e. The highest BCUT2D eigenvalue weighted by Gasteiger charge is 2.20. The van der Waals surface area contributed by atoms with Crippen LogP contribution in [0.15, 0.2) is 54.6 Å². The van der Waals surface area contributed by atoms with E-state index < -0.39 is 0 Å². The molecule has 0 spiro atoms. The van der Waals surface area contributed by atoms with Crippen LogP contribution in [0.25, 0.3) is 0 Å². The van der Waals surface area contributed by atoms with Crippen molar-refractivity contribution in [3.63, 3.8) is 0 Å². The number of carbonyl (C=O) groups excluding carboxylic acids is 2. The predicted octanol–water partition coefficient (Wildman–Crippen LogP) is 2.26. The summed E-state index contributed by atoms with van der Waals surface area (Å²) in [5.41, 5.74) is 2.76. The standard InChI is InChI=1S/C22H27N4O2/c1-2-18-8-10-20(11-9-18)24-22(28)17-26-14-12-25(13-15-26)16-21(27)23-19-6-4-3-5-7-19/h3-11H,1-2,12-17H2,(H,23,27)(H,24,28). The van der Waals surface area contributed by atoms with Gasteiger partial charge in [0.15, 0.2) is 0 Å². The van der Waals surface area contributed by atoms with E-state index in [1.54, 1.807) is 0 Å². The fourth-order valence-electron chi connectivity index (χ4n) is 3.19. The van der Waals surface area contributed by atoms with Crippen LogP contribution >= 0.6 is 0 Å². The molecular weight excluding hydrogens is 352 g/mol. The Morgan fingerprint density at radius 2 is 1.21 bits per heavy atom. The van der Waals surface area contributed by atoms with E-state index in [1.807, 2.05) is 54.6 Å². The van der Waals surface area contributed by atoms with E-state index in [0.29, 0.717) is 13.1 Å². The Morgan fingerprint density at radius 3 is 1.68 bits per heavy atom. The highest BCUT2D eigenvalue weighted by molar-refractivity contribution is 5.92. The van der Waals surface area contributed by atoms with Gasteiger partial charge in [0.2, 0.25) is 11.8 Å². The first kappa shape index (κ1) is 20.0. The van der Waals surface area contributed by atoms with Crippen LogP contribution in [0.2, 0.25) is 0 Å². The molecule has 2 N–H and O–H groups in total. The number of benzene rings is 2. The molecule has 2 aromatic rings. The Morgan fingerprint density at radius 1 is 0.750 bits per heavy atom. The molecule has 0 aromatic heterocycles. The van der Waals surface area contributed by atoms with Crippen molar-refractivity contribution in [3.8, 4) is 0 Å². The maximum Gasteiger partial charge on any atom is 0.238 e. The molecule has 1 aliphatic heterocycles. The van der Waals surface area contributed by atoms with Gasteiger partial charge in [-0.25, -0.2) is 0 Å². The number of para-hydroxylation sites is 1. The quantitative estimate of drug-likeness (QED) is 0.775. The summed E-state index contributed by atoms with van der Waals surface area (Å²) in [7, 11) is 0. The minimum atomic E-state index is -0.0161. The van der Waals surface area contributed by atoms with Gasteiger partial charge in [-0.05, 0) is 43.2 Å². The molecule has 0 atom stereocenters. The summed E-state index contributed by atoms with van der Waals surface area (Å²) in [5.74, 6) is -0.0271. The summed E-state index contributed by atoms with van der Waals surface area (Å²) in [6.45, 7) is 7.66. The van der Waals surface area contributed by atoms with E-state index >= 15 is 0 Å². The van der Waals surface area contributed by atoms with Crippen LogP contribution in [0.4, 0.5) is 11.4 Å². The van der Waals surface area contributed by atoms with Gasteiger partial charge in [0.1, 0.15) is 0 Å². The number of nitrogens with one attached hydrogen (secondary N) is 2.